The molecule has 0 bridgehead atoms. The molecular weight excluding hydrogens is 416 g/mol. The molecule has 0 spiro atoms. The number of amides is 1. The summed E-state index contributed by atoms with van der Waals surface area (Å²) in [4.78, 5) is 14.7. The minimum absolute atomic E-state index is 0.0595. The van der Waals surface area contributed by atoms with Crippen LogP contribution in [0.15, 0.2) is 46.0 Å². The molecule has 1 N–H and O–H groups in total. The third-order valence-corrected chi connectivity index (χ3v) is 7.39. The first-order valence-corrected chi connectivity index (χ1v) is 11.8. The molecule has 2 heterocycles. The quantitative estimate of drug-likeness (QED) is 0.703. The third-order valence-electron chi connectivity index (χ3n) is 5.37. The van der Waals surface area contributed by atoms with Gasteiger partial charge in [0.2, 0.25) is 15.9 Å². The van der Waals surface area contributed by atoms with Crippen molar-refractivity contribution in [3.8, 4) is 0 Å². The van der Waals surface area contributed by atoms with Crippen molar-refractivity contribution in [2.24, 2.45) is 5.92 Å². The van der Waals surface area contributed by atoms with E-state index in [0.29, 0.717) is 25.1 Å². The molecule has 1 aromatic carbocycles. The zero-order chi connectivity index (χ0) is 22.6. The van der Waals surface area contributed by atoms with Gasteiger partial charge < -0.3 is 14.7 Å². The summed E-state index contributed by atoms with van der Waals surface area (Å²) < 4.78 is 33.4. The van der Waals surface area contributed by atoms with E-state index in [4.69, 9.17) is 4.52 Å². The van der Waals surface area contributed by atoms with Crippen LogP contribution in [0.1, 0.15) is 42.8 Å². The highest BCUT2D eigenvalue weighted by molar-refractivity contribution is 7.89. The highest BCUT2D eigenvalue weighted by Gasteiger charge is 2.37. The normalized spacial score (nSPS) is 18.8. The van der Waals surface area contributed by atoms with Crippen molar-refractivity contribution in [2.75, 3.05) is 27.2 Å². The van der Waals surface area contributed by atoms with Gasteiger partial charge in [0.05, 0.1) is 12.0 Å². The number of hydrogen-bond donors (Lipinski definition) is 1. The summed E-state index contributed by atoms with van der Waals surface area (Å²) in [5.74, 6) is -0.350. The van der Waals surface area contributed by atoms with E-state index in [0.717, 1.165) is 5.56 Å². The van der Waals surface area contributed by atoms with Gasteiger partial charge in [0.15, 0.2) is 10.7 Å². The molecule has 3 rings (SSSR count). The molecule has 2 atom stereocenters. The number of benzene rings is 1. The lowest BCUT2D eigenvalue weighted by Crippen LogP contribution is -2.46. The molecule has 0 radical (unpaired) electrons. The van der Waals surface area contributed by atoms with Crippen molar-refractivity contribution in [1.82, 2.24) is 19.7 Å². The lowest BCUT2D eigenvalue weighted by Gasteiger charge is -2.31. The van der Waals surface area contributed by atoms with Gasteiger partial charge in [0.1, 0.15) is 5.69 Å². The smallest absolute Gasteiger partial charge is 0.248 e. The number of nitrogens with one attached hydrogen (secondary N) is 1. The van der Waals surface area contributed by atoms with Gasteiger partial charge >= 0.3 is 0 Å². The van der Waals surface area contributed by atoms with E-state index in [1.54, 1.807) is 24.1 Å². The fourth-order valence-electron chi connectivity index (χ4n) is 3.68. The second-order valence-electron chi connectivity index (χ2n) is 8.08. The first-order chi connectivity index (χ1) is 14.7. The van der Waals surface area contributed by atoms with Crippen molar-refractivity contribution < 1.29 is 17.7 Å². The van der Waals surface area contributed by atoms with Gasteiger partial charge in [0, 0.05) is 39.5 Å². The Morgan fingerprint density at radius 1 is 1.32 bits per heavy atom. The number of carbonyl (C=O) groups excluding carboxylic acids is 1. The largest absolute Gasteiger partial charge is 0.383 e. The van der Waals surface area contributed by atoms with Crippen LogP contribution in [-0.2, 0) is 14.8 Å². The Balaban J connectivity index is 1.75. The van der Waals surface area contributed by atoms with Gasteiger partial charge in [-0.25, -0.2) is 8.42 Å². The van der Waals surface area contributed by atoms with E-state index in [9.17, 15) is 13.2 Å². The summed E-state index contributed by atoms with van der Waals surface area (Å²) in [6.07, 6.45) is 4.55. The Kier molecular flexibility index (Phi) is 7.17. The maximum Gasteiger partial charge on any atom is 0.248 e. The zero-order valence-electron chi connectivity index (χ0n) is 18.4. The highest BCUT2D eigenvalue weighted by atomic mass is 32.2. The van der Waals surface area contributed by atoms with E-state index in [2.05, 4.69) is 10.5 Å². The number of nitrogens with zero attached hydrogens (tertiary/aromatic N) is 3. The minimum Gasteiger partial charge on any atom is -0.383 e. The van der Waals surface area contributed by atoms with E-state index in [1.165, 1.54) is 4.31 Å². The zero-order valence-corrected chi connectivity index (χ0v) is 19.2. The Hall–Kier alpha value is -2.65. The summed E-state index contributed by atoms with van der Waals surface area (Å²) in [6, 6.07) is 9.55. The molecule has 2 unspecified atom stereocenters. The summed E-state index contributed by atoms with van der Waals surface area (Å²) >= 11 is 0. The van der Waals surface area contributed by atoms with Crippen LogP contribution < -0.4 is 5.32 Å². The molecule has 0 aliphatic carbocycles. The molecule has 1 amide bonds. The number of carbonyl (C=O) groups is 1. The number of aromatic nitrogens is 1. The molecule has 1 aromatic heterocycles. The van der Waals surface area contributed by atoms with Crippen LogP contribution in [-0.4, -0.2) is 55.9 Å². The van der Waals surface area contributed by atoms with Crippen LogP contribution >= 0.6 is 0 Å². The van der Waals surface area contributed by atoms with E-state index >= 15 is 0 Å². The van der Waals surface area contributed by atoms with E-state index in [-0.39, 0.29) is 29.1 Å². The van der Waals surface area contributed by atoms with Gasteiger partial charge in [-0.15, -0.1) is 0 Å². The average molecular weight is 447 g/mol. The fraction of sp³-hybridized carbons (Fsp3) is 0.455. The lowest BCUT2D eigenvalue weighted by molar-refractivity contribution is -0.126. The predicted molar refractivity (Wildman–Crippen MR) is 118 cm³/mol. The summed E-state index contributed by atoms with van der Waals surface area (Å²) in [6.45, 7) is 4.03. The van der Waals surface area contributed by atoms with Crippen LogP contribution in [0.4, 0.5) is 0 Å². The van der Waals surface area contributed by atoms with E-state index < -0.39 is 15.9 Å². The number of aryl methyl sites for hydroxylation is 1. The first kappa shape index (κ1) is 23.0. The molecule has 1 fully saturated rings. The molecule has 1 aliphatic rings. The maximum atomic E-state index is 13.4. The molecular formula is C22H30N4O4S. The molecule has 9 heteroatoms. The van der Waals surface area contributed by atoms with Crippen molar-refractivity contribution >= 4 is 22.0 Å². The van der Waals surface area contributed by atoms with Gasteiger partial charge in [-0.2, -0.15) is 4.31 Å². The Morgan fingerprint density at radius 2 is 2.03 bits per heavy atom. The van der Waals surface area contributed by atoms with Crippen molar-refractivity contribution in [2.45, 2.75) is 37.6 Å². The maximum absolute atomic E-state index is 13.4. The fourth-order valence-corrected chi connectivity index (χ4v) is 5.45. The van der Waals surface area contributed by atoms with Crippen LogP contribution in [0.25, 0.3) is 6.08 Å². The van der Waals surface area contributed by atoms with Crippen molar-refractivity contribution in [3.63, 3.8) is 0 Å². The Labute approximate surface area is 183 Å². The third kappa shape index (κ3) is 5.34. The standard InChI is InChI=1S/C22H30N4O4S/c1-16(18-9-6-5-7-10-18)23-22(27)19-11-8-13-26(15-19)31(28,29)21-17(2)24-30-20(21)12-14-25(3)4/h5-7,9-10,12,14,16,19H,8,11,13,15H2,1-4H3,(H,23,27)/b14-12+. The van der Waals surface area contributed by atoms with E-state index in [1.807, 2.05) is 51.4 Å². The van der Waals surface area contributed by atoms with Gasteiger partial charge in [-0.3, -0.25) is 4.79 Å². The van der Waals surface area contributed by atoms with Gasteiger partial charge in [-0.1, -0.05) is 35.5 Å². The second kappa shape index (κ2) is 9.65. The average Bonchev–Trinajstić information content (AvgIpc) is 3.14. The minimum atomic E-state index is -3.85. The van der Waals surface area contributed by atoms with Crippen LogP contribution in [0.3, 0.4) is 0 Å². The SMILES string of the molecule is Cc1noc(/C=C/N(C)C)c1S(=O)(=O)N1CCCC(C(=O)NC(C)c2ccccc2)C1. The Morgan fingerprint density at radius 3 is 2.71 bits per heavy atom. The summed E-state index contributed by atoms with van der Waals surface area (Å²) in [7, 11) is -0.185. The van der Waals surface area contributed by atoms with Crippen LogP contribution in [0.5, 0.6) is 0 Å². The molecule has 8 nitrogen and oxygen atoms in total. The molecule has 0 saturated carbocycles. The van der Waals surface area contributed by atoms with Crippen molar-refractivity contribution in [3.05, 3.63) is 53.5 Å². The molecule has 1 saturated heterocycles. The molecule has 1 aliphatic heterocycles. The van der Waals surface area contributed by atoms with Crippen LogP contribution in [0, 0.1) is 12.8 Å². The highest BCUT2D eigenvalue weighted by Crippen LogP contribution is 2.29. The number of sulfonamides is 1. The van der Waals surface area contributed by atoms with Crippen LogP contribution in [0.2, 0.25) is 0 Å². The molecule has 168 valence electrons. The number of rotatable bonds is 7. The lowest BCUT2D eigenvalue weighted by atomic mass is 9.98. The summed E-state index contributed by atoms with van der Waals surface area (Å²) in [5.41, 5.74) is 1.32. The number of hydrogen-bond acceptors (Lipinski definition) is 6. The topological polar surface area (TPSA) is 95.8 Å². The summed E-state index contributed by atoms with van der Waals surface area (Å²) in [5, 5.41) is 6.87. The Bertz CT molecular complexity index is 1030. The number of piperidine rings is 1. The first-order valence-electron chi connectivity index (χ1n) is 10.4. The van der Waals surface area contributed by atoms with Gasteiger partial charge in [0.25, 0.3) is 0 Å². The predicted octanol–water partition coefficient (Wildman–Crippen LogP) is 2.79. The van der Waals surface area contributed by atoms with Gasteiger partial charge in [-0.05, 0) is 32.3 Å². The molecule has 2 aromatic rings. The monoisotopic (exact) mass is 446 g/mol. The second-order valence-corrected chi connectivity index (χ2v) is 9.96. The van der Waals surface area contributed by atoms with Crippen molar-refractivity contribution in [1.29, 1.82) is 0 Å². The molecule has 31 heavy (non-hydrogen) atoms.